The molecule has 3 aromatic rings. The van der Waals surface area contributed by atoms with Crippen LogP contribution in [0.2, 0.25) is 0 Å². The van der Waals surface area contributed by atoms with Gasteiger partial charge in [0.05, 0.1) is 5.69 Å². The van der Waals surface area contributed by atoms with Gasteiger partial charge in [0.2, 0.25) is 5.91 Å². The fourth-order valence-electron chi connectivity index (χ4n) is 2.24. The van der Waals surface area contributed by atoms with Crippen molar-refractivity contribution in [2.45, 2.75) is 13.5 Å². The van der Waals surface area contributed by atoms with Gasteiger partial charge in [0.1, 0.15) is 0 Å². The van der Waals surface area contributed by atoms with Crippen LogP contribution in [0.4, 0.5) is 5.13 Å². The molecule has 2 aromatic carbocycles. The van der Waals surface area contributed by atoms with E-state index in [2.05, 4.69) is 15.6 Å². The van der Waals surface area contributed by atoms with Crippen molar-refractivity contribution in [2.75, 3.05) is 5.32 Å². The lowest BCUT2D eigenvalue weighted by molar-refractivity contribution is -0.119. The summed E-state index contributed by atoms with van der Waals surface area (Å²) in [6.45, 7) is 2.00. The third-order valence-electron chi connectivity index (χ3n) is 3.55. The second kappa shape index (κ2) is 7.72. The number of carbonyl (C=O) groups is 2. The fourth-order valence-corrected chi connectivity index (χ4v) is 2.96. The summed E-state index contributed by atoms with van der Waals surface area (Å²) in [4.78, 5) is 27.6. The molecule has 0 aliphatic heterocycles. The Balaban J connectivity index is 1.67. The average molecular weight is 351 g/mol. The highest BCUT2D eigenvalue weighted by atomic mass is 32.1. The molecule has 0 unspecified atom stereocenters. The average Bonchev–Trinajstić information content (AvgIpc) is 3.09. The summed E-state index contributed by atoms with van der Waals surface area (Å²) in [6.07, 6.45) is 0. The lowest BCUT2D eigenvalue weighted by Crippen LogP contribution is -2.18. The van der Waals surface area contributed by atoms with E-state index in [-0.39, 0.29) is 11.8 Å². The Morgan fingerprint density at radius 2 is 1.76 bits per heavy atom. The van der Waals surface area contributed by atoms with E-state index < -0.39 is 0 Å². The zero-order valence-electron chi connectivity index (χ0n) is 13.7. The molecule has 0 saturated carbocycles. The quantitative estimate of drug-likeness (QED) is 0.736. The maximum absolute atomic E-state index is 12.2. The largest absolute Gasteiger partial charge is 0.352 e. The number of carbonyl (C=O) groups excluding carboxylic acids is 2. The highest BCUT2D eigenvalue weighted by molar-refractivity contribution is 7.14. The topological polar surface area (TPSA) is 71.1 Å². The van der Waals surface area contributed by atoms with E-state index in [1.807, 2.05) is 47.8 Å². The Morgan fingerprint density at radius 1 is 1.04 bits per heavy atom. The van der Waals surface area contributed by atoms with Crippen molar-refractivity contribution in [1.82, 2.24) is 10.3 Å². The molecule has 0 spiro atoms. The van der Waals surface area contributed by atoms with E-state index in [0.29, 0.717) is 17.2 Å². The molecule has 0 aliphatic carbocycles. The second-order valence-corrected chi connectivity index (χ2v) is 6.32. The third kappa shape index (κ3) is 4.51. The molecular formula is C19H17N3O2S. The van der Waals surface area contributed by atoms with E-state index in [1.165, 1.54) is 18.3 Å². The number of benzene rings is 2. The van der Waals surface area contributed by atoms with Crippen molar-refractivity contribution in [3.05, 3.63) is 71.1 Å². The molecule has 0 saturated heterocycles. The summed E-state index contributed by atoms with van der Waals surface area (Å²) in [7, 11) is 0. The summed E-state index contributed by atoms with van der Waals surface area (Å²) in [6, 6.07) is 16.8. The van der Waals surface area contributed by atoms with E-state index >= 15 is 0 Å². The van der Waals surface area contributed by atoms with Gasteiger partial charge >= 0.3 is 0 Å². The number of thiazole rings is 1. The summed E-state index contributed by atoms with van der Waals surface area (Å²) >= 11 is 1.39. The molecule has 25 heavy (non-hydrogen) atoms. The van der Waals surface area contributed by atoms with Gasteiger partial charge in [0.15, 0.2) is 5.13 Å². The lowest BCUT2D eigenvalue weighted by atomic mass is 10.1. The van der Waals surface area contributed by atoms with Gasteiger partial charge in [-0.1, -0.05) is 42.5 Å². The molecule has 0 radical (unpaired) electrons. The first-order valence-corrected chi connectivity index (χ1v) is 8.65. The predicted octanol–water partition coefficient (Wildman–Crippen LogP) is 3.70. The van der Waals surface area contributed by atoms with E-state index in [4.69, 9.17) is 0 Å². The Morgan fingerprint density at radius 3 is 2.44 bits per heavy atom. The van der Waals surface area contributed by atoms with Crippen molar-refractivity contribution in [1.29, 1.82) is 0 Å². The first-order valence-electron chi connectivity index (χ1n) is 7.77. The maximum atomic E-state index is 12.2. The van der Waals surface area contributed by atoms with E-state index in [9.17, 15) is 9.59 Å². The number of rotatable bonds is 5. The van der Waals surface area contributed by atoms with Crippen LogP contribution >= 0.6 is 11.3 Å². The summed E-state index contributed by atoms with van der Waals surface area (Å²) < 4.78 is 0. The van der Waals surface area contributed by atoms with Crippen molar-refractivity contribution in [3.8, 4) is 11.3 Å². The van der Waals surface area contributed by atoms with Crippen LogP contribution in [-0.2, 0) is 11.3 Å². The van der Waals surface area contributed by atoms with Crippen LogP contribution in [0.15, 0.2) is 60.0 Å². The van der Waals surface area contributed by atoms with Gasteiger partial charge in [0.25, 0.3) is 5.91 Å². The SMILES string of the molecule is CC(=O)NCc1ccc(-c2csc(NC(=O)c3ccccc3)n2)cc1. The number of nitrogens with one attached hydrogen (secondary N) is 2. The molecular weight excluding hydrogens is 334 g/mol. The first-order chi connectivity index (χ1) is 12.1. The van der Waals surface area contributed by atoms with Crippen molar-refractivity contribution in [2.24, 2.45) is 0 Å². The van der Waals surface area contributed by atoms with Crippen molar-refractivity contribution in [3.63, 3.8) is 0 Å². The Labute approximate surface area is 149 Å². The number of hydrogen-bond donors (Lipinski definition) is 2. The molecule has 1 aromatic heterocycles. The van der Waals surface area contributed by atoms with Gasteiger partial charge in [-0.3, -0.25) is 14.9 Å². The van der Waals surface area contributed by atoms with Crippen LogP contribution in [0.5, 0.6) is 0 Å². The number of aromatic nitrogens is 1. The van der Waals surface area contributed by atoms with Gasteiger partial charge in [-0.15, -0.1) is 11.3 Å². The highest BCUT2D eigenvalue weighted by Crippen LogP contribution is 2.25. The van der Waals surface area contributed by atoms with Crippen LogP contribution in [0, 0.1) is 0 Å². The first kappa shape index (κ1) is 16.9. The zero-order valence-corrected chi connectivity index (χ0v) is 14.5. The molecule has 6 heteroatoms. The van der Waals surface area contributed by atoms with Crippen LogP contribution in [0.1, 0.15) is 22.8 Å². The smallest absolute Gasteiger partial charge is 0.257 e. The third-order valence-corrected chi connectivity index (χ3v) is 4.31. The standard InChI is InChI=1S/C19H17N3O2S/c1-13(23)20-11-14-7-9-15(10-8-14)17-12-25-19(21-17)22-18(24)16-5-3-2-4-6-16/h2-10,12H,11H2,1H3,(H,20,23)(H,21,22,24). The van der Waals surface area contributed by atoms with Gasteiger partial charge in [-0.25, -0.2) is 4.98 Å². The molecule has 0 aliphatic rings. The molecule has 0 fully saturated rings. The number of anilines is 1. The predicted molar refractivity (Wildman–Crippen MR) is 99.5 cm³/mol. The van der Waals surface area contributed by atoms with E-state index in [0.717, 1.165) is 16.8 Å². The summed E-state index contributed by atoms with van der Waals surface area (Å²) in [5.41, 5.74) is 3.39. The summed E-state index contributed by atoms with van der Waals surface area (Å²) in [5.74, 6) is -0.227. The number of hydrogen-bond acceptors (Lipinski definition) is 4. The number of nitrogens with zero attached hydrogens (tertiary/aromatic N) is 1. The molecule has 0 bridgehead atoms. The van der Waals surface area contributed by atoms with Crippen molar-refractivity contribution >= 4 is 28.3 Å². The highest BCUT2D eigenvalue weighted by Gasteiger charge is 2.09. The molecule has 3 rings (SSSR count). The Hall–Kier alpha value is -2.99. The molecule has 1 heterocycles. The van der Waals surface area contributed by atoms with Gasteiger partial charge in [-0.05, 0) is 17.7 Å². The van der Waals surface area contributed by atoms with Crippen LogP contribution in [0.25, 0.3) is 11.3 Å². The summed E-state index contributed by atoms with van der Waals surface area (Å²) in [5, 5.41) is 8.04. The Kier molecular flexibility index (Phi) is 5.20. The van der Waals surface area contributed by atoms with Gasteiger partial charge < -0.3 is 5.32 Å². The van der Waals surface area contributed by atoms with E-state index in [1.54, 1.807) is 12.1 Å². The fraction of sp³-hybridized carbons (Fsp3) is 0.105. The normalized spacial score (nSPS) is 10.3. The molecule has 2 N–H and O–H groups in total. The maximum Gasteiger partial charge on any atom is 0.257 e. The minimum Gasteiger partial charge on any atom is -0.352 e. The Bertz CT molecular complexity index is 873. The van der Waals surface area contributed by atoms with Crippen LogP contribution in [-0.4, -0.2) is 16.8 Å². The van der Waals surface area contributed by atoms with Gasteiger partial charge in [-0.2, -0.15) is 0 Å². The minimum absolute atomic E-state index is 0.0534. The molecule has 0 atom stereocenters. The lowest BCUT2D eigenvalue weighted by Gasteiger charge is -2.03. The van der Waals surface area contributed by atoms with Crippen LogP contribution < -0.4 is 10.6 Å². The molecule has 2 amide bonds. The minimum atomic E-state index is -0.174. The number of amides is 2. The molecule has 5 nitrogen and oxygen atoms in total. The monoisotopic (exact) mass is 351 g/mol. The van der Waals surface area contributed by atoms with Crippen LogP contribution in [0.3, 0.4) is 0 Å². The molecule has 126 valence electrons. The van der Waals surface area contributed by atoms with Crippen molar-refractivity contribution < 1.29 is 9.59 Å². The second-order valence-electron chi connectivity index (χ2n) is 5.46. The van der Waals surface area contributed by atoms with Gasteiger partial charge in [0, 0.05) is 30.0 Å². The zero-order chi connectivity index (χ0) is 17.6.